The van der Waals surface area contributed by atoms with Crippen molar-refractivity contribution in [3.63, 3.8) is 0 Å². The maximum atomic E-state index is 11.1. The van der Waals surface area contributed by atoms with Crippen LogP contribution in [0.25, 0.3) is 11.0 Å². The lowest BCUT2D eigenvalue weighted by Gasteiger charge is -2.21. The Hall–Kier alpha value is -1.56. The van der Waals surface area contributed by atoms with Crippen molar-refractivity contribution < 1.29 is 9.90 Å². The molecule has 0 radical (unpaired) electrons. The molecule has 0 unspecified atom stereocenters. The number of nitrogens with zero attached hydrogens (tertiary/aromatic N) is 3. The molecular formula is C13H15N3O2S. The van der Waals surface area contributed by atoms with Crippen LogP contribution in [0.5, 0.6) is 0 Å². The molecule has 1 fully saturated rings. The standard InChI is InChI=1S/C13H15N3O2S/c17-13(18)10-2-1-3-11-12(10)14-15-16(11)8-9-4-6-19-7-5-9/h1-3,9H,4-8H2,(H,17,18). The van der Waals surface area contributed by atoms with Gasteiger partial charge in [0.25, 0.3) is 0 Å². The van der Waals surface area contributed by atoms with Crippen molar-refractivity contribution in [1.82, 2.24) is 15.0 Å². The van der Waals surface area contributed by atoms with E-state index in [1.54, 1.807) is 12.1 Å². The summed E-state index contributed by atoms with van der Waals surface area (Å²) in [5, 5.41) is 17.3. The van der Waals surface area contributed by atoms with Crippen molar-refractivity contribution in [3.8, 4) is 0 Å². The molecule has 3 rings (SSSR count). The van der Waals surface area contributed by atoms with Crippen LogP contribution in [0, 0.1) is 5.92 Å². The second kappa shape index (κ2) is 5.21. The number of aromatic carboxylic acids is 1. The molecule has 19 heavy (non-hydrogen) atoms. The van der Waals surface area contributed by atoms with E-state index < -0.39 is 5.97 Å². The Morgan fingerprint density at radius 3 is 2.95 bits per heavy atom. The van der Waals surface area contributed by atoms with Gasteiger partial charge in [-0.1, -0.05) is 11.3 Å². The van der Waals surface area contributed by atoms with Crippen molar-refractivity contribution in [2.45, 2.75) is 19.4 Å². The Bertz CT molecular complexity index is 605. The van der Waals surface area contributed by atoms with Gasteiger partial charge in [0.2, 0.25) is 0 Å². The smallest absolute Gasteiger partial charge is 0.338 e. The number of carboxylic acid groups (broad SMARTS) is 1. The Balaban J connectivity index is 1.92. The molecule has 1 aromatic heterocycles. The molecule has 0 amide bonds. The van der Waals surface area contributed by atoms with Gasteiger partial charge in [-0.25, -0.2) is 9.48 Å². The van der Waals surface area contributed by atoms with E-state index in [0.29, 0.717) is 11.4 Å². The zero-order chi connectivity index (χ0) is 13.2. The molecule has 100 valence electrons. The lowest BCUT2D eigenvalue weighted by Crippen LogP contribution is -2.17. The molecule has 5 nitrogen and oxygen atoms in total. The highest BCUT2D eigenvalue weighted by Crippen LogP contribution is 2.25. The van der Waals surface area contributed by atoms with E-state index in [9.17, 15) is 4.79 Å². The summed E-state index contributed by atoms with van der Waals surface area (Å²) in [6.45, 7) is 0.833. The number of fused-ring (bicyclic) bond motifs is 1. The Labute approximate surface area is 115 Å². The average Bonchev–Trinajstić information content (AvgIpc) is 2.83. The zero-order valence-corrected chi connectivity index (χ0v) is 11.3. The molecule has 2 heterocycles. The summed E-state index contributed by atoms with van der Waals surface area (Å²) in [6, 6.07) is 5.21. The van der Waals surface area contributed by atoms with E-state index in [0.717, 1.165) is 12.1 Å². The van der Waals surface area contributed by atoms with Gasteiger partial charge in [0.1, 0.15) is 5.52 Å². The molecule has 1 aliphatic heterocycles. The lowest BCUT2D eigenvalue weighted by molar-refractivity contribution is 0.0699. The van der Waals surface area contributed by atoms with Crippen LogP contribution in [0.2, 0.25) is 0 Å². The fourth-order valence-corrected chi connectivity index (χ4v) is 3.68. The molecular weight excluding hydrogens is 262 g/mol. The predicted octanol–water partition coefficient (Wildman–Crippen LogP) is 2.27. The van der Waals surface area contributed by atoms with Gasteiger partial charge in [0.05, 0.1) is 11.1 Å². The van der Waals surface area contributed by atoms with E-state index >= 15 is 0 Å². The third-order valence-electron chi connectivity index (χ3n) is 3.55. The summed E-state index contributed by atoms with van der Waals surface area (Å²) in [4.78, 5) is 11.1. The fourth-order valence-electron chi connectivity index (χ4n) is 2.47. The highest BCUT2D eigenvalue weighted by atomic mass is 32.2. The molecule has 0 bridgehead atoms. The van der Waals surface area contributed by atoms with Crippen molar-refractivity contribution >= 4 is 28.8 Å². The van der Waals surface area contributed by atoms with Crippen LogP contribution in [-0.4, -0.2) is 37.6 Å². The van der Waals surface area contributed by atoms with Gasteiger partial charge in [-0.2, -0.15) is 11.8 Å². The van der Waals surface area contributed by atoms with Gasteiger partial charge < -0.3 is 5.11 Å². The van der Waals surface area contributed by atoms with Gasteiger partial charge in [-0.3, -0.25) is 0 Å². The number of hydrogen-bond donors (Lipinski definition) is 1. The monoisotopic (exact) mass is 277 g/mol. The van der Waals surface area contributed by atoms with Crippen molar-refractivity contribution in [2.24, 2.45) is 5.92 Å². The molecule has 1 saturated heterocycles. The molecule has 1 N–H and O–H groups in total. The van der Waals surface area contributed by atoms with Gasteiger partial charge >= 0.3 is 5.97 Å². The zero-order valence-electron chi connectivity index (χ0n) is 10.5. The fraction of sp³-hybridized carbons (Fsp3) is 0.462. The lowest BCUT2D eigenvalue weighted by atomic mass is 10.0. The Morgan fingerprint density at radius 1 is 1.42 bits per heavy atom. The van der Waals surface area contributed by atoms with Crippen LogP contribution >= 0.6 is 11.8 Å². The normalized spacial score (nSPS) is 16.8. The quantitative estimate of drug-likeness (QED) is 0.932. The van der Waals surface area contributed by atoms with E-state index in [1.165, 1.54) is 24.3 Å². The largest absolute Gasteiger partial charge is 0.478 e. The van der Waals surface area contributed by atoms with Crippen LogP contribution in [0.15, 0.2) is 18.2 Å². The Kier molecular flexibility index (Phi) is 3.42. The first-order valence-corrected chi connectivity index (χ1v) is 7.54. The number of aromatic nitrogens is 3. The molecule has 2 aromatic rings. The highest BCUT2D eigenvalue weighted by Gasteiger charge is 2.18. The van der Waals surface area contributed by atoms with E-state index in [2.05, 4.69) is 10.3 Å². The van der Waals surface area contributed by atoms with Crippen LogP contribution < -0.4 is 0 Å². The van der Waals surface area contributed by atoms with Crippen molar-refractivity contribution in [3.05, 3.63) is 23.8 Å². The number of thioether (sulfide) groups is 1. The predicted molar refractivity (Wildman–Crippen MR) is 74.5 cm³/mol. The minimum absolute atomic E-state index is 0.225. The molecule has 6 heteroatoms. The van der Waals surface area contributed by atoms with Crippen LogP contribution in [0.4, 0.5) is 0 Å². The SMILES string of the molecule is O=C(O)c1cccc2c1nnn2CC1CCSCC1. The third kappa shape index (κ3) is 2.45. The summed E-state index contributed by atoms with van der Waals surface area (Å²) >= 11 is 2.00. The summed E-state index contributed by atoms with van der Waals surface area (Å²) in [6.07, 6.45) is 2.40. The minimum atomic E-state index is -0.952. The van der Waals surface area contributed by atoms with Crippen LogP contribution in [0.1, 0.15) is 23.2 Å². The van der Waals surface area contributed by atoms with Crippen LogP contribution in [-0.2, 0) is 6.54 Å². The van der Waals surface area contributed by atoms with Gasteiger partial charge in [0, 0.05) is 6.54 Å². The summed E-state index contributed by atoms with van der Waals surface area (Å²) in [5.74, 6) is 2.08. The highest BCUT2D eigenvalue weighted by molar-refractivity contribution is 7.99. The first kappa shape index (κ1) is 12.5. The van der Waals surface area contributed by atoms with Gasteiger partial charge in [-0.05, 0) is 42.4 Å². The average molecular weight is 277 g/mol. The molecule has 0 atom stereocenters. The number of rotatable bonds is 3. The maximum absolute atomic E-state index is 11.1. The third-order valence-corrected chi connectivity index (χ3v) is 4.60. The second-order valence-corrected chi connectivity index (χ2v) is 6.03. The topological polar surface area (TPSA) is 68.0 Å². The summed E-state index contributed by atoms with van der Waals surface area (Å²) < 4.78 is 1.85. The molecule has 0 spiro atoms. The van der Waals surface area contributed by atoms with Crippen molar-refractivity contribution in [2.75, 3.05) is 11.5 Å². The molecule has 1 aromatic carbocycles. The Morgan fingerprint density at radius 2 is 2.21 bits per heavy atom. The van der Waals surface area contributed by atoms with Crippen molar-refractivity contribution in [1.29, 1.82) is 0 Å². The molecule has 1 aliphatic rings. The summed E-state index contributed by atoms with van der Waals surface area (Å²) in [5.41, 5.74) is 1.53. The van der Waals surface area contributed by atoms with Gasteiger partial charge in [0.15, 0.2) is 0 Å². The maximum Gasteiger partial charge on any atom is 0.338 e. The first-order chi connectivity index (χ1) is 9.25. The number of hydrogen-bond acceptors (Lipinski definition) is 4. The molecule has 0 aliphatic carbocycles. The number of carbonyl (C=O) groups is 1. The van der Waals surface area contributed by atoms with E-state index in [1.807, 2.05) is 22.5 Å². The minimum Gasteiger partial charge on any atom is -0.478 e. The summed E-state index contributed by atoms with van der Waals surface area (Å²) in [7, 11) is 0. The van der Waals surface area contributed by atoms with Gasteiger partial charge in [-0.15, -0.1) is 5.10 Å². The number of benzene rings is 1. The van der Waals surface area contributed by atoms with E-state index in [-0.39, 0.29) is 5.56 Å². The van der Waals surface area contributed by atoms with Crippen LogP contribution in [0.3, 0.4) is 0 Å². The second-order valence-electron chi connectivity index (χ2n) is 4.81. The van der Waals surface area contributed by atoms with E-state index in [4.69, 9.17) is 5.11 Å². The first-order valence-electron chi connectivity index (χ1n) is 6.39. The molecule has 0 saturated carbocycles. The number of carboxylic acids is 1.